The molecule has 3 aromatic rings. The molecule has 2 aliphatic rings. The molecule has 0 bridgehead atoms. The molecule has 1 N–H and O–H groups in total. The maximum Gasteiger partial charge on any atom is 0.256 e. The topological polar surface area (TPSA) is 93.9 Å². The third kappa shape index (κ3) is 4.28. The van der Waals surface area contributed by atoms with Crippen LogP contribution in [0, 0.1) is 6.92 Å². The molecule has 7 nitrogen and oxygen atoms in total. The summed E-state index contributed by atoms with van der Waals surface area (Å²) >= 11 is 0. The van der Waals surface area contributed by atoms with Crippen LogP contribution in [0.2, 0.25) is 0 Å². The number of hydrogen-bond acceptors (Lipinski definition) is 5. The van der Waals surface area contributed by atoms with E-state index in [-0.39, 0.29) is 28.9 Å². The average molecular weight is 467 g/mol. The Kier molecular flexibility index (Phi) is 5.12. The first-order valence-electron chi connectivity index (χ1n) is 11.5. The number of anilines is 1. The Hall–Kier alpha value is -2.74. The van der Waals surface area contributed by atoms with Crippen molar-refractivity contribution in [2.75, 3.05) is 16.8 Å². The Morgan fingerprint density at radius 2 is 1.82 bits per heavy atom. The predicted molar refractivity (Wildman–Crippen MR) is 130 cm³/mol. The van der Waals surface area contributed by atoms with Crippen LogP contribution in [0.1, 0.15) is 79.3 Å². The molecule has 1 saturated carbocycles. The molecule has 0 spiro atoms. The van der Waals surface area contributed by atoms with Gasteiger partial charge in [-0.1, -0.05) is 32.9 Å². The molecule has 0 radical (unpaired) electrons. The van der Waals surface area contributed by atoms with Gasteiger partial charge in [-0.05, 0) is 55.4 Å². The van der Waals surface area contributed by atoms with Gasteiger partial charge in [-0.2, -0.15) is 5.10 Å². The number of nitrogens with zero attached hydrogens (tertiary/aromatic N) is 3. The second kappa shape index (κ2) is 7.65. The predicted octanol–water partition coefficient (Wildman–Crippen LogP) is 4.53. The summed E-state index contributed by atoms with van der Waals surface area (Å²) in [6.45, 7) is 8.33. The molecule has 2 fully saturated rings. The first-order valence-corrected chi connectivity index (χ1v) is 13.4. The zero-order valence-corrected chi connectivity index (χ0v) is 20.4. The van der Waals surface area contributed by atoms with E-state index in [0.29, 0.717) is 34.6 Å². The lowest BCUT2D eigenvalue weighted by Crippen LogP contribution is -2.16. The van der Waals surface area contributed by atoms with Gasteiger partial charge in [0.2, 0.25) is 0 Å². The minimum Gasteiger partial charge on any atom is -0.322 e. The third-order valence-corrected chi connectivity index (χ3v) is 8.41. The molecule has 174 valence electrons. The summed E-state index contributed by atoms with van der Waals surface area (Å²) in [7, 11) is -3.07. The molecule has 1 aliphatic carbocycles. The first-order chi connectivity index (χ1) is 15.5. The quantitative estimate of drug-likeness (QED) is 0.610. The Bertz CT molecular complexity index is 1350. The Balaban J connectivity index is 1.54. The van der Waals surface area contributed by atoms with Crippen LogP contribution in [0.4, 0.5) is 5.69 Å². The van der Waals surface area contributed by atoms with Gasteiger partial charge in [0.1, 0.15) is 0 Å². The number of hydrogen-bond donors (Lipinski definition) is 1. The maximum absolute atomic E-state index is 13.4. The number of pyridine rings is 1. The summed E-state index contributed by atoms with van der Waals surface area (Å²) in [4.78, 5) is 18.3. The van der Waals surface area contributed by atoms with E-state index < -0.39 is 9.84 Å². The second-order valence-electron chi connectivity index (χ2n) is 10.4. The molecular weight excluding hydrogens is 436 g/mol. The van der Waals surface area contributed by atoms with Crippen LogP contribution in [0.25, 0.3) is 11.0 Å². The van der Waals surface area contributed by atoms with Crippen LogP contribution in [0.5, 0.6) is 0 Å². The van der Waals surface area contributed by atoms with Gasteiger partial charge in [0.15, 0.2) is 15.5 Å². The lowest BCUT2D eigenvalue weighted by Gasteiger charge is -2.19. The van der Waals surface area contributed by atoms with Crippen molar-refractivity contribution in [3.05, 3.63) is 52.8 Å². The van der Waals surface area contributed by atoms with E-state index in [1.807, 2.05) is 37.3 Å². The lowest BCUT2D eigenvalue weighted by molar-refractivity contribution is 0.102. The fourth-order valence-electron chi connectivity index (χ4n) is 4.57. The highest BCUT2D eigenvalue weighted by Crippen LogP contribution is 2.41. The van der Waals surface area contributed by atoms with Crippen LogP contribution in [0.3, 0.4) is 0 Å². The number of aryl methyl sites for hydroxylation is 1. The second-order valence-corrected chi connectivity index (χ2v) is 12.7. The fourth-order valence-corrected chi connectivity index (χ4v) is 6.27. The molecule has 1 unspecified atom stereocenters. The van der Waals surface area contributed by atoms with E-state index in [0.717, 1.165) is 24.2 Å². The number of carbonyl (C=O) groups is 1. The molecule has 1 amide bonds. The molecule has 1 saturated heterocycles. The maximum atomic E-state index is 13.4. The highest BCUT2D eigenvalue weighted by molar-refractivity contribution is 7.91. The van der Waals surface area contributed by atoms with Crippen molar-refractivity contribution in [2.45, 2.75) is 64.3 Å². The van der Waals surface area contributed by atoms with Crippen molar-refractivity contribution in [3.63, 3.8) is 0 Å². The number of benzene rings is 1. The number of carbonyl (C=O) groups excluding carboxylic acids is 1. The van der Waals surface area contributed by atoms with E-state index in [4.69, 9.17) is 4.98 Å². The summed E-state index contributed by atoms with van der Waals surface area (Å²) in [5, 5.41) is 8.39. The van der Waals surface area contributed by atoms with Crippen LogP contribution in [-0.2, 0) is 15.3 Å². The zero-order valence-electron chi connectivity index (χ0n) is 19.6. The fraction of sp³-hybridized carbons (Fsp3) is 0.480. The van der Waals surface area contributed by atoms with Crippen LogP contribution >= 0.6 is 0 Å². The van der Waals surface area contributed by atoms with Gasteiger partial charge in [0.25, 0.3) is 5.91 Å². The normalized spacial score (nSPS) is 20.3. The molecule has 1 atom stereocenters. The Labute approximate surface area is 194 Å². The minimum atomic E-state index is -3.07. The van der Waals surface area contributed by atoms with Gasteiger partial charge < -0.3 is 5.32 Å². The molecule has 8 heteroatoms. The van der Waals surface area contributed by atoms with Gasteiger partial charge in [-0.15, -0.1) is 0 Å². The number of aromatic nitrogens is 3. The van der Waals surface area contributed by atoms with Crippen molar-refractivity contribution in [1.82, 2.24) is 14.8 Å². The van der Waals surface area contributed by atoms with E-state index in [9.17, 15) is 13.2 Å². The standard InChI is InChI=1S/C25H30N4O3S/c1-15-22-20(24(30)26-18-9-7-17(8-10-18)25(2,3)4)13-21(16-5-6-16)27-23(22)29(28-15)19-11-12-33(31,32)14-19/h7-10,13,16,19H,5-6,11-12,14H2,1-4H3,(H,26,30). The van der Waals surface area contributed by atoms with E-state index >= 15 is 0 Å². The molecule has 1 aromatic carbocycles. The van der Waals surface area contributed by atoms with E-state index in [1.165, 1.54) is 5.56 Å². The molecule has 1 aliphatic heterocycles. The minimum absolute atomic E-state index is 0.0401. The average Bonchev–Trinajstić information content (AvgIpc) is 3.46. The number of fused-ring (bicyclic) bond motifs is 1. The van der Waals surface area contributed by atoms with E-state index in [1.54, 1.807) is 4.68 Å². The van der Waals surface area contributed by atoms with Gasteiger partial charge in [-0.3, -0.25) is 4.79 Å². The first kappa shape index (κ1) is 22.1. The SMILES string of the molecule is Cc1nn(C2CCS(=O)(=O)C2)c2nc(C3CC3)cc(C(=O)Nc3ccc(C(C)(C)C)cc3)c12. The molecule has 5 rings (SSSR count). The third-order valence-electron chi connectivity index (χ3n) is 6.66. The lowest BCUT2D eigenvalue weighted by atomic mass is 9.87. The number of nitrogens with one attached hydrogen (secondary N) is 1. The highest BCUT2D eigenvalue weighted by atomic mass is 32.2. The Morgan fingerprint density at radius 1 is 1.12 bits per heavy atom. The van der Waals surface area contributed by atoms with Crippen LogP contribution in [-0.4, -0.2) is 40.6 Å². The summed E-state index contributed by atoms with van der Waals surface area (Å²) in [5.74, 6) is 0.385. The monoisotopic (exact) mass is 466 g/mol. The number of amides is 1. The summed E-state index contributed by atoms with van der Waals surface area (Å²) < 4.78 is 25.9. The van der Waals surface area contributed by atoms with Gasteiger partial charge in [0, 0.05) is 17.3 Å². The summed E-state index contributed by atoms with van der Waals surface area (Å²) in [6.07, 6.45) is 2.63. The number of sulfone groups is 1. The zero-order chi connectivity index (χ0) is 23.5. The number of rotatable bonds is 4. The highest BCUT2D eigenvalue weighted by Gasteiger charge is 2.34. The van der Waals surface area contributed by atoms with Crippen molar-refractivity contribution in [2.24, 2.45) is 0 Å². The van der Waals surface area contributed by atoms with Crippen LogP contribution < -0.4 is 5.32 Å². The van der Waals surface area contributed by atoms with Crippen molar-refractivity contribution in [1.29, 1.82) is 0 Å². The van der Waals surface area contributed by atoms with E-state index in [2.05, 4.69) is 31.2 Å². The van der Waals surface area contributed by atoms with Crippen LogP contribution in [0.15, 0.2) is 30.3 Å². The van der Waals surface area contributed by atoms with Gasteiger partial charge >= 0.3 is 0 Å². The smallest absolute Gasteiger partial charge is 0.256 e. The van der Waals surface area contributed by atoms with Gasteiger partial charge in [-0.25, -0.2) is 18.1 Å². The Morgan fingerprint density at radius 3 is 2.39 bits per heavy atom. The summed E-state index contributed by atoms with van der Waals surface area (Å²) in [6, 6.07) is 9.59. The van der Waals surface area contributed by atoms with Crippen molar-refractivity contribution >= 4 is 32.5 Å². The molecular formula is C25H30N4O3S. The molecule has 2 aromatic heterocycles. The molecule has 33 heavy (non-hydrogen) atoms. The molecule has 3 heterocycles. The van der Waals surface area contributed by atoms with Crippen molar-refractivity contribution in [3.8, 4) is 0 Å². The largest absolute Gasteiger partial charge is 0.322 e. The summed E-state index contributed by atoms with van der Waals surface area (Å²) in [5.41, 5.74) is 4.72. The van der Waals surface area contributed by atoms with Crippen molar-refractivity contribution < 1.29 is 13.2 Å². The van der Waals surface area contributed by atoms with Gasteiger partial charge in [0.05, 0.1) is 34.2 Å².